The highest BCUT2D eigenvalue weighted by Gasteiger charge is 2.73. The molecule has 2 aliphatic rings. The molecule has 1 aromatic rings. The number of anilines is 2. The number of hydrogen-bond acceptors (Lipinski definition) is 14. The maximum absolute atomic E-state index is 15.0. The second kappa shape index (κ2) is 7.87. The summed E-state index contributed by atoms with van der Waals surface area (Å²) in [7, 11) is 1.31. The molecule has 10 N–H and O–H groups in total. The molecule has 3 atom stereocenters. The van der Waals surface area contributed by atoms with Crippen molar-refractivity contribution in [3.63, 3.8) is 0 Å². The van der Waals surface area contributed by atoms with Crippen molar-refractivity contribution in [2.75, 3.05) is 16.3 Å². The smallest absolute Gasteiger partial charge is 0.415 e. The van der Waals surface area contributed by atoms with Crippen LogP contribution in [0.15, 0.2) is 18.2 Å². The largest absolute Gasteiger partial charge is 0.436 e. The standard InChI is InChI=1S/C16H21FN3O13P/c1-6(21)18-12(23,24)10-5-19(11(22)32-10)7-2-3-9(8(17)4-7)20-13(25,26)15(28,29)33-16(30,31)14(20,27)34/h2-4,10,23-31H,5,34H2,1H3,(H,18,21). The topological polar surface area (TPSA) is 253 Å². The first kappa shape index (κ1) is 26.3. The molecule has 0 saturated carbocycles. The fourth-order valence-corrected chi connectivity index (χ4v) is 3.67. The number of amides is 2. The van der Waals surface area contributed by atoms with Crippen molar-refractivity contribution in [2.45, 2.75) is 42.3 Å². The Balaban J connectivity index is 1.98. The van der Waals surface area contributed by atoms with Gasteiger partial charge in [0.1, 0.15) is 5.82 Å². The van der Waals surface area contributed by atoms with Crippen LogP contribution in [0.3, 0.4) is 0 Å². The fraction of sp³-hybridized carbons (Fsp3) is 0.500. The molecule has 2 amide bonds. The second-order valence-corrected chi connectivity index (χ2v) is 8.35. The van der Waals surface area contributed by atoms with E-state index in [2.05, 4.69) is 4.74 Å². The number of cyclic esters (lactones) is 1. The summed E-state index contributed by atoms with van der Waals surface area (Å²) in [6.07, 6.45) is -2.91. The van der Waals surface area contributed by atoms with Crippen molar-refractivity contribution in [3.05, 3.63) is 24.0 Å². The molecular formula is C16H21FN3O13P. The van der Waals surface area contributed by atoms with Gasteiger partial charge in [-0.15, -0.1) is 0 Å². The first-order chi connectivity index (χ1) is 15.2. The summed E-state index contributed by atoms with van der Waals surface area (Å²) < 4.78 is 23.7. The number of aliphatic hydroxyl groups is 9. The maximum Gasteiger partial charge on any atom is 0.415 e. The van der Waals surface area contributed by atoms with Gasteiger partial charge in [0.15, 0.2) is 6.10 Å². The van der Waals surface area contributed by atoms with Crippen LogP contribution in [-0.2, 0) is 14.3 Å². The van der Waals surface area contributed by atoms with Gasteiger partial charge in [0, 0.05) is 6.92 Å². The Hall–Kier alpha value is -2.28. The zero-order chi connectivity index (χ0) is 26.1. The minimum Gasteiger partial charge on any atom is -0.436 e. The van der Waals surface area contributed by atoms with Crippen molar-refractivity contribution < 1.29 is 69.4 Å². The summed E-state index contributed by atoms with van der Waals surface area (Å²) in [6, 6.07) is 2.13. The van der Waals surface area contributed by atoms with Gasteiger partial charge in [0.2, 0.25) is 11.4 Å². The van der Waals surface area contributed by atoms with Gasteiger partial charge >= 0.3 is 24.0 Å². The summed E-state index contributed by atoms with van der Waals surface area (Å²) in [5.41, 5.74) is -4.76. The predicted molar refractivity (Wildman–Crippen MR) is 105 cm³/mol. The van der Waals surface area contributed by atoms with Gasteiger partial charge in [-0.1, -0.05) is 9.24 Å². The van der Waals surface area contributed by atoms with Crippen LogP contribution >= 0.6 is 9.24 Å². The molecule has 3 rings (SSSR count). The second-order valence-electron chi connectivity index (χ2n) is 7.54. The van der Waals surface area contributed by atoms with Crippen molar-refractivity contribution >= 4 is 32.6 Å². The molecule has 0 aromatic heterocycles. The number of nitrogens with zero attached hydrogens (tertiary/aromatic N) is 2. The first-order valence-electron chi connectivity index (χ1n) is 9.12. The summed E-state index contributed by atoms with van der Waals surface area (Å²) in [4.78, 5) is 23.6. The lowest BCUT2D eigenvalue weighted by Crippen LogP contribution is -2.83. The lowest BCUT2D eigenvalue weighted by Gasteiger charge is -2.57. The number of hydrogen-bond donors (Lipinski definition) is 10. The lowest BCUT2D eigenvalue weighted by atomic mass is 10.1. The zero-order valence-electron chi connectivity index (χ0n) is 17.0. The van der Waals surface area contributed by atoms with E-state index >= 15 is 4.39 Å². The van der Waals surface area contributed by atoms with E-state index in [1.807, 2.05) is 0 Å². The van der Waals surface area contributed by atoms with Crippen molar-refractivity contribution in [1.82, 2.24) is 5.32 Å². The molecule has 2 fully saturated rings. The van der Waals surface area contributed by atoms with Gasteiger partial charge in [-0.3, -0.25) is 19.3 Å². The minimum absolute atomic E-state index is 0.312. The van der Waals surface area contributed by atoms with E-state index in [1.54, 1.807) is 5.32 Å². The molecule has 16 nitrogen and oxygen atoms in total. The Morgan fingerprint density at radius 3 is 2.29 bits per heavy atom. The molecule has 3 unspecified atom stereocenters. The van der Waals surface area contributed by atoms with Crippen LogP contribution < -0.4 is 15.1 Å². The van der Waals surface area contributed by atoms with Crippen molar-refractivity contribution in [3.8, 4) is 0 Å². The van der Waals surface area contributed by atoms with Gasteiger partial charge in [-0.2, -0.15) is 0 Å². The molecule has 190 valence electrons. The van der Waals surface area contributed by atoms with E-state index in [1.165, 1.54) is 9.24 Å². The van der Waals surface area contributed by atoms with Crippen LogP contribution in [0.1, 0.15) is 6.92 Å². The number of rotatable bonds is 4. The SMILES string of the molecule is CC(=O)NC(O)(O)C1CN(c2ccc(N3C(O)(O)C(O)(O)OC(O)(O)C3(O)P)c(F)c2)C(=O)O1. The Labute approximate surface area is 190 Å². The highest BCUT2D eigenvalue weighted by atomic mass is 31.0. The number of morpholine rings is 1. The lowest BCUT2D eigenvalue weighted by molar-refractivity contribution is -0.574. The third kappa shape index (κ3) is 4.06. The number of carbonyl (C=O) groups is 2. The van der Waals surface area contributed by atoms with Gasteiger partial charge in [0.05, 0.1) is 17.9 Å². The molecule has 18 heteroatoms. The fourth-order valence-electron chi connectivity index (χ4n) is 3.29. The van der Waals surface area contributed by atoms with E-state index in [9.17, 15) is 55.5 Å². The summed E-state index contributed by atoms with van der Waals surface area (Å²) in [5, 5.41) is 91.3. The molecule has 0 radical (unpaired) electrons. The Kier molecular flexibility index (Phi) is 6.09. The third-order valence-electron chi connectivity index (χ3n) is 4.96. The molecule has 0 aliphatic carbocycles. The molecule has 2 saturated heterocycles. The number of halogens is 1. The van der Waals surface area contributed by atoms with Crippen LogP contribution in [0.25, 0.3) is 0 Å². The van der Waals surface area contributed by atoms with E-state index < -0.39 is 65.4 Å². The van der Waals surface area contributed by atoms with Gasteiger partial charge in [0.25, 0.3) is 5.91 Å². The Morgan fingerprint density at radius 2 is 1.76 bits per heavy atom. The summed E-state index contributed by atoms with van der Waals surface area (Å²) in [5.74, 6) is -17.5. The molecule has 34 heavy (non-hydrogen) atoms. The molecule has 0 bridgehead atoms. The minimum atomic E-state index is -4.17. The third-order valence-corrected chi connectivity index (χ3v) is 5.59. The van der Waals surface area contributed by atoms with Crippen molar-refractivity contribution in [1.29, 1.82) is 0 Å². The van der Waals surface area contributed by atoms with Crippen LogP contribution in [0.4, 0.5) is 20.6 Å². The number of carbonyl (C=O) groups excluding carboxylic acids is 2. The molecule has 2 heterocycles. The normalized spacial score (nSPS) is 28.0. The van der Waals surface area contributed by atoms with E-state index in [0.717, 1.165) is 13.0 Å². The van der Waals surface area contributed by atoms with Gasteiger partial charge in [-0.05, 0) is 18.2 Å². The van der Waals surface area contributed by atoms with E-state index in [0.29, 0.717) is 17.0 Å². The van der Waals surface area contributed by atoms with E-state index in [4.69, 9.17) is 4.74 Å². The summed E-state index contributed by atoms with van der Waals surface area (Å²) >= 11 is 0. The molecule has 0 spiro atoms. The average molecular weight is 513 g/mol. The van der Waals surface area contributed by atoms with E-state index in [-0.39, 0.29) is 10.6 Å². The maximum atomic E-state index is 15.0. The van der Waals surface area contributed by atoms with Crippen LogP contribution in [0, 0.1) is 5.82 Å². The molecule has 1 aromatic carbocycles. The predicted octanol–water partition coefficient (Wildman–Crippen LogP) is -4.80. The first-order valence-corrected chi connectivity index (χ1v) is 9.69. The summed E-state index contributed by atoms with van der Waals surface area (Å²) in [6.45, 7) is 0.360. The number of benzene rings is 1. The quantitative estimate of drug-likeness (QED) is 0.134. The van der Waals surface area contributed by atoms with Gasteiger partial charge in [-0.25, -0.2) is 9.18 Å². The highest BCUT2D eigenvalue weighted by Crippen LogP contribution is 2.49. The number of ether oxygens (including phenoxy) is 2. The Morgan fingerprint density at radius 1 is 1.18 bits per heavy atom. The average Bonchev–Trinajstić information content (AvgIpc) is 3.02. The van der Waals surface area contributed by atoms with Crippen LogP contribution in [0.5, 0.6) is 0 Å². The highest BCUT2D eigenvalue weighted by molar-refractivity contribution is 7.19. The van der Waals surface area contributed by atoms with Crippen LogP contribution in [-0.4, -0.2) is 99.8 Å². The monoisotopic (exact) mass is 513 g/mol. The molecular weight excluding hydrogens is 492 g/mol. The van der Waals surface area contributed by atoms with Crippen LogP contribution in [0.2, 0.25) is 0 Å². The Bertz CT molecular complexity index is 992. The number of nitrogens with one attached hydrogen (secondary N) is 1. The van der Waals surface area contributed by atoms with Crippen molar-refractivity contribution in [2.24, 2.45) is 0 Å². The van der Waals surface area contributed by atoms with Gasteiger partial charge < -0.3 is 56.0 Å². The zero-order valence-corrected chi connectivity index (χ0v) is 18.2. The molecule has 2 aliphatic heterocycles.